The Hall–Kier alpha value is -1.39. The van der Waals surface area contributed by atoms with Gasteiger partial charge in [0.05, 0.1) is 17.1 Å². The predicted octanol–water partition coefficient (Wildman–Crippen LogP) is 3.46. The van der Waals surface area contributed by atoms with Gasteiger partial charge in [-0.1, -0.05) is 17.7 Å². The first kappa shape index (κ1) is 13.1. The molecule has 0 N–H and O–H groups in total. The van der Waals surface area contributed by atoms with Crippen molar-refractivity contribution in [2.45, 2.75) is 13.5 Å². The molecule has 2 aromatic rings. The number of halogens is 1. The van der Waals surface area contributed by atoms with E-state index in [1.807, 2.05) is 24.4 Å². The lowest BCUT2D eigenvalue weighted by Crippen LogP contribution is -2.30. The summed E-state index contributed by atoms with van der Waals surface area (Å²) >= 11 is 7.66. The first-order valence-electron chi connectivity index (χ1n) is 5.63. The van der Waals surface area contributed by atoms with Gasteiger partial charge in [-0.15, -0.1) is 11.3 Å². The van der Waals surface area contributed by atoms with Crippen LogP contribution in [0.4, 0.5) is 0 Å². The summed E-state index contributed by atoms with van der Waals surface area (Å²) in [6, 6.07) is 5.63. The lowest BCUT2D eigenvalue weighted by Gasteiger charge is -2.20. The van der Waals surface area contributed by atoms with Crippen LogP contribution in [0.3, 0.4) is 0 Å². The van der Waals surface area contributed by atoms with Gasteiger partial charge in [0.1, 0.15) is 0 Å². The molecule has 0 spiro atoms. The molecule has 0 unspecified atom stereocenters. The topological polar surface area (TPSA) is 33.2 Å². The van der Waals surface area contributed by atoms with Crippen LogP contribution in [0.1, 0.15) is 22.2 Å². The molecule has 0 aliphatic heterocycles. The van der Waals surface area contributed by atoms with Crippen LogP contribution in [0.5, 0.6) is 0 Å². The van der Waals surface area contributed by atoms with E-state index in [1.54, 1.807) is 28.5 Å². The van der Waals surface area contributed by atoms with Crippen LogP contribution in [-0.4, -0.2) is 22.3 Å². The zero-order chi connectivity index (χ0) is 13.0. The summed E-state index contributed by atoms with van der Waals surface area (Å²) < 4.78 is 0. The van der Waals surface area contributed by atoms with Crippen molar-refractivity contribution in [2.75, 3.05) is 6.54 Å². The maximum Gasteiger partial charge on any atom is 0.257 e. The van der Waals surface area contributed by atoms with Gasteiger partial charge in [-0.25, -0.2) is 0 Å². The van der Waals surface area contributed by atoms with Gasteiger partial charge in [-0.2, -0.15) is 0 Å². The number of hydrogen-bond acceptors (Lipinski definition) is 3. The standard InChI is InChI=1S/C13H13ClN2OS/c1-2-16(9-10-4-3-7-18-10)13(17)11-8-15-6-5-12(11)14/h3-8H,2,9H2,1H3. The van der Waals surface area contributed by atoms with E-state index in [0.717, 1.165) is 4.88 Å². The minimum absolute atomic E-state index is 0.0796. The molecule has 3 nitrogen and oxygen atoms in total. The minimum Gasteiger partial charge on any atom is -0.334 e. The van der Waals surface area contributed by atoms with Gasteiger partial charge in [-0.3, -0.25) is 9.78 Å². The molecule has 2 aromatic heterocycles. The molecule has 94 valence electrons. The largest absolute Gasteiger partial charge is 0.334 e. The number of amides is 1. The SMILES string of the molecule is CCN(Cc1cccs1)C(=O)c1cnccc1Cl. The second-order valence-corrected chi connectivity index (χ2v) is 5.19. The highest BCUT2D eigenvalue weighted by Gasteiger charge is 2.17. The van der Waals surface area contributed by atoms with Gasteiger partial charge in [0.25, 0.3) is 5.91 Å². The van der Waals surface area contributed by atoms with E-state index in [1.165, 1.54) is 6.20 Å². The normalized spacial score (nSPS) is 10.3. The Labute approximate surface area is 115 Å². The summed E-state index contributed by atoms with van der Waals surface area (Å²) in [5.41, 5.74) is 0.456. The van der Waals surface area contributed by atoms with Crippen LogP contribution in [0.2, 0.25) is 5.02 Å². The van der Waals surface area contributed by atoms with E-state index in [4.69, 9.17) is 11.6 Å². The third-order valence-electron chi connectivity index (χ3n) is 2.59. The van der Waals surface area contributed by atoms with Crippen molar-refractivity contribution in [3.63, 3.8) is 0 Å². The predicted molar refractivity (Wildman–Crippen MR) is 74.0 cm³/mol. The summed E-state index contributed by atoms with van der Waals surface area (Å²) in [7, 11) is 0. The van der Waals surface area contributed by atoms with Gasteiger partial charge in [0.2, 0.25) is 0 Å². The molecular formula is C13H13ClN2OS. The van der Waals surface area contributed by atoms with Gasteiger partial charge in [0.15, 0.2) is 0 Å². The molecule has 0 atom stereocenters. The molecule has 0 saturated carbocycles. The first-order chi connectivity index (χ1) is 8.72. The summed E-state index contributed by atoms with van der Waals surface area (Å²) in [6.45, 7) is 3.20. The number of pyridine rings is 1. The van der Waals surface area contributed by atoms with Crippen molar-refractivity contribution in [3.8, 4) is 0 Å². The van der Waals surface area contributed by atoms with Crippen molar-refractivity contribution >= 4 is 28.8 Å². The molecule has 0 fully saturated rings. The number of rotatable bonds is 4. The molecule has 0 aromatic carbocycles. The highest BCUT2D eigenvalue weighted by molar-refractivity contribution is 7.09. The van der Waals surface area contributed by atoms with Crippen molar-refractivity contribution in [2.24, 2.45) is 0 Å². The average Bonchev–Trinajstić information content (AvgIpc) is 2.88. The second kappa shape index (κ2) is 5.98. The number of nitrogens with zero attached hydrogens (tertiary/aromatic N) is 2. The maximum atomic E-state index is 12.3. The van der Waals surface area contributed by atoms with Gasteiger partial charge >= 0.3 is 0 Å². The minimum atomic E-state index is -0.0796. The highest BCUT2D eigenvalue weighted by Crippen LogP contribution is 2.18. The highest BCUT2D eigenvalue weighted by atomic mass is 35.5. The van der Waals surface area contributed by atoms with Crippen LogP contribution in [-0.2, 0) is 6.54 Å². The Morgan fingerprint density at radius 3 is 2.94 bits per heavy atom. The smallest absolute Gasteiger partial charge is 0.257 e. The number of thiophene rings is 1. The average molecular weight is 281 g/mol. The zero-order valence-electron chi connectivity index (χ0n) is 9.97. The molecule has 1 amide bonds. The Kier molecular flexibility index (Phi) is 4.33. The molecular weight excluding hydrogens is 268 g/mol. The van der Waals surface area contributed by atoms with Gasteiger partial charge in [-0.05, 0) is 24.4 Å². The molecule has 0 radical (unpaired) electrons. The zero-order valence-corrected chi connectivity index (χ0v) is 11.5. The van der Waals surface area contributed by atoms with Crippen LogP contribution >= 0.6 is 22.9 Å². The fourth-order valence-electron chi connectivity index (χ4n) is 1.62. The molecule has 2 rings (SSSR count). The van der Waals surface area contributed by atoms with Crippen molar-refractivity contribution in [1.29, 1.82) is 0 Å². The Balaban J connectivity index is 2.18. The lowest BCUT2D eigenvalue weighted by atomic mass is 10.2. The Bertz CT molecular complexity index is 528. The van der Waals surface area contributed by atoms with Crippen molar-refractivity contribution < 1.29 is 4.79 Å². The van der Waals surface area contributed by atoms with E-state index in [9.17, 15) is 4.79 Å². The summed E-state index contributed by atoms with van der Waals surface area (Å²) in [4.78, 5) is 19.2. The monoisotopic (exact) mass is 280 g/mol. The fraction of sp³-hybridized carbons (Fsp3) is 0.231. The lowest BCUT2D eigenvalue weighted by molar-refractivity contribution is 0.0754. The first-order valence-corrected chi connectivity index (χ1v) is 6.89. The van der Waals surface area contributed by atoms with E-state index < -0.39 is 0 Å². The molecule has 0 saturated heterocycles. The Morgan fingerprint density at radius 2 is 2.33 bits per heavy atom. The van der Waals surface area contributed by atoms with Gasteiger partial charge < -0.3 is 4.90 Å². The van der Waals surface area contributed by atoms with Crippen LogP contribution in [0.25, 0.3) is 0 Å². The van der Waals surface area contributed by atoms with Crippen molar-refractivity contribution in [3.05, 3.63) is 51.4 Å². The number of carbonyl (C=O) groups excluding carboxylic acids is 1. The molecule has 2 heterocycles. The summed E-state index contributed by atoms with van der Waals surface area (Å²) in [6.07, 6.45) is 3.09. The number of aromatic nitrogens is 1. The maximum absolute atomic E-state index is 12.3. The second-order valence-electron chi connectivity index (χ2n) is 3.75. The molecule has 5 heteroatoms. The Morgan fingerprint density at radius 1 is 1.50 bits per heavy atom. The van der Waals surface area contributed by atoms with Gasteiger partial charge in [0, 0.05) is 23.8 Å². The molecule has 18 heavy (non-hydrogen) atoms. The van der Waals surface area contributed by atoms with Crippen LogP contribution in [0.15, 0.2) is 36.0 Å². The third-order valence-corrected chi connectivity index (χ3v) is 3.78. The third kappa shape index (κ3) is 2.89. The van der Waals surface area contributed by atoms with Crippen molar-refractivity contribution in [1.82, 2.24) is 9.88 Å². The van der Waals surface area contributed by atoms with E-state index in [-0.39, 0.29) is 5.91 Å². The summed E-state index contributed by atoms with van der Waals surface area (Å²) in [5, 5.41) is 2.45. The fourth-order valence-corrected chi connectivity index (χ4v) is 2.53. The van der Waals surface area contributed by atoms with E-state index >= 15 is 0 Å². The quantitative estimate of drug-likeness (QED) is 0.859. The molecule has 0 aliphatic rings. The molecule has 0 aliphatic carbocycles. The van der Waals surface area contributed by atoms with Crippen LogP contribution < -0.4 is 0 Å². The summed E-state index contributed by atoms with van der Waals surface area (Å²) in [5.74, 6) is -0.0796. The molecule has 0 bridgehead atoms. The van der Waals surface area contributed by atoms with E-state index in [2.05, 4.69) is 4.98 Å². The number of carbonyl (C=O) groups is 1. The van der Waals surface area contributed by atoms with Crippen LogP contribution in [0, 0.1) is 0 Å². The number of hydrogen-bond donors (Lipinski definition) is 0. The van der Waals surface area contributed by atoms with E-state index in [0.29, 0.717) is 23.7 Å².